The molecule has 4 nitrogen and oxygen atoms in total. The smallest absolute Gasteiger partial charge is 0.277 e. The van der Waals surface area contributed by atoms with Gasteiger partial charge in [0.2, 0.25) is 0 Å². The third-order valence-corrected chi connectivity index (χ3v) is 2.64. The van der Waals surface area contributed by atoms with E-state index in [9.17, 15) is 0 Å². The predicted octanol–water partition coefficient (Wildman–Crippen LogP) is 2.75. The second-order valence-electron chi connectivity index (χ2n) is 2.98. The zero-order valence-corrected chi connectivity index (χ0v) is 9.80. The minimum atomic E-state index is 0.484. The predicted molar refractivity (Wildman–Crippen MR) is 60.9 cm³/mol. The van der Waals surface area contributed by atoms with Gasteiger partial charge in [0.15, 0.2) is 0 Å². The number of thioether (sulfide) groups is 1. The summed E-state index contributed by atoms with van der Waals surface area (Å²) < 4.78 is 10.6. The van der Waals surface area contributed by atoms with Crippen LogP contribution in [0.15, 0.2) is 26.4 Å². The van der Waals surface area contributed by atoms with Gasteiger partial charge >= 0.3 is 0 Å². The largest absolute Gasteiger partial charge is 0.469 e. The van der Waals surface area contributed by atoms with Crippen LogP contribution in [0.3, 0.4) is 0 Å². The topological polar surface area (TPSA) is 52.1 Å². The van der Waals surface area contributed by atoms with Gasteiger partial charge in [0, 0.05) is 0 Å². The minimum absolute atomic E-state index is 0.484. The summed E-state index contributed by atoms with van der Waals surface area (Å²) in [5, 5.41) is 8.40. The normalized spacial score (nSPS) is 9.88. The van der Waals surface area contributed by atoms with Gasteiger partial charge in [-0.3, -0.25) is 0 Å². The molecule has 0 aromatic carbocycles. The first-order valence-electron chi connectivity index (χ1n) is 4.71. The molecule has 0 fully saturated rings. The highest BCUT2D eigenvalue weighted by atomic mass is 32.2. The van der Waals surface area contributed by atoms with Gasteiger partial charge in [0.25, 0.3) is 11.1 Å². The van der Waals surface area contributed by atoms with Crippen LogP contribution in [0, 0.1) is 18.8 Å². The van der Waals surface area contributed by atoms with Crippen LogP contribution in [0.1, 0.15) is 12.7 Å². The fraction of sp³-hybridized carbons (Fsp3) is 0.273. The Balaban J connectivity index is 2.13. The third kappa shape index (κ3) is 2.28. The molecule has 0 aliphatic heterocycles. The summed E-state index contributed by atoms with van der Waals surface area (Å²) >= 11 is 1.42. The van der Waals surface area contributed by atoms with E-state index in [-0.39, 0.29) is 0 Å². The molecule has 2 aromatic rings. The number of nitrogens with zero attached hydrogens (tertiary/aromatic N) is 2. The van der Waals surface area contributed by atoms with E-state index in [1.165, 1.54) is 11.8 Å². The summed E-state index contributed by atoms with van der Waals surface area (Å²) in [6, 6.07) is 1.81. The molecule has 0 N–H and O–H groups in total. The number of rotatable bonds is 3. The van der Waals surface area contributed by atoms with Crippen molar-refractivity contribution in [1.29, 1.82) is 0 Å². The summed E-state index contributed by atoms with van der Waals surface area (Å²) in [5.41, 5.74) is 0.834. The molecule has 0 spiro atoms. The molecule has 2 heterocycles. The molecule has 0 unspecified atom stereocenters. The van der Waals surface area contributed by atoms with Gasteiger partial charge in [-0.2, -0.15) is 0 Å². The van der Waals surface area contributed by atoms with Crippen LogP contribution in [0.2, 0.25) is 0 Å². The molecular weight excluding hydrogens is 224 g/mol. The van der Waals surface area contributed by atoms with Crippen molar-refractivity contribution in [3.63, 3.8) is 0 Å². The molecule has 5 heteroatoms. The lowest BCUT2D eigenvalue weighted by molar-refractivity contribution is 0.464. The summed E-state index contributed by atoms with van der Waals surface area (Å²) in [7, 11) is 0. The molecule has 2 rings (SSSR count). The quantitative estimate of drug-likeness (QED) is 0.603. The van der Waals surface area contributed by atoms with Crippen LogP contribution >= 0.6 is 11.8 Å². The van der Waals surface area contributed by atoms with Crippen LogP contribution in [-0.4, -0.2) is 16.0 Å². The van der Waals surface area contributed by atoms with Crippen molar-refractivity contribution < 1.29 is 8.83 Å². The fourth-order valence-electron chi connectivity index (χ4n) is 1.15. The molecule has 0 aliphatic carbocycles. The first-order chi connectivity index (χ1) is 7.81. The molecule has 0 saturated heterocycles. The van der Waals surface area contributed by atoms with Crippen LogP contribution in [0.25, 0.3) is 11.5 Å². The van der Waals surface area contributed by atoms with E-state index < -0.39 is 0 Å². The van der Waals surface area contributed by atoms with Crippen LogP contribution < -0.4 is 0 Å². The molecule has 2 aromatic heterocycles. The summed E-state index contributed by atoms with van der Waals surface area (Å²) in [4.78, 5) is 0. The number of hydrogen-bond acceptors (Lipinski definition) is 5. The van der Waals surface area contributed by atoms with Crippen LogP contribution in [-0.2, 0) is 0 Å². The second-order valence-corrected chi connectivity index (χ2v) is 3.91. The third-order valence-electron chi connectivity index (χ3n) is 1.94. The maximum absolute atomic E-state index is 5.47. The highest BCUT2D eigenvalue weighted by Crippen LogP contribution is 2.25. The maximum atomic E-state index is 5.47. The molecule has 0 bridgehead atoms. The van der Waals surface area contributed by atoms with E-state index in [2.05, 4.69) is 22.0 Å². The van der Waals surface area contributed by atoms with Gasteiger partial charge in [-0.25, -0.2) is 0 Å². The van der Waals surface area contributed by atoms with Gasteiger partial charge in [-0.1, -0.05) is 17.7 Å². The molecule has 16 heavy (non-hydrogen) atoms. The molecule has 82 valence electrons. The molecule has 0 atom stereocenters. The average molecular weight is 234 g/mol. The summed E-state index contributed by atoms with van der Waals surface area (Å²) in [6.07, 6.45) is 1.60. The van der Waals surface area contributed by atoms with E-state index in [0.29, 0.717) is 16.9 Å². The van der Waals surface area contributed by atoms with E-state index >= 15 is 0 Å². The van der Waals surface area contributed by atoms with E-state index in [0.717, 1.165) is 11.3 Å². The lowest BCUT2D eigenvalue weighted by Gasteiger charge is -1.89. The van der Waals surface area contributed by atoms with Crippen molar-refractivity contribution in [2.45, 2.75) is 19.1 Å². The summed E-state index contributed by atoms with van der Waals surface area (Å²) in [5.74, 6) is 7.64. The van der Waals surface area contributed by atoms with Gasteiger partial charge in [-0.15, -0.1) is 16.1 Å². The zero-order valence-electron chi connectivity index (χ0n) is 8.98. The number of hydrogen-bond donors (Lipinski definition) is 0. The highest BCUT2D eigenvalue weighted by Gasteiger charge is 2.12. The Bertz CT molecular complexity index is 533. The molecule has 0 saturated carbocycles. The number of aryl methyl sites for hydroxylation is 1. The average Bonchev–Trinajstić information content (AvgIpc) is 2.87. The first-order valence-corrected chi connectivity index (χ1v) is 5.70. The van der Waals surface area contributed by atoms with E-state index in [1.54, 1.807) is 13.2 Å². The first kappa shape index (κ1) is 10.8. The Morgan fingerprint density at radius 2 is 2.31 bits per heavy atom. The van der Waals surface area contributed by atoms with Crippen molar-refractivity contribution in [3.05, 3.63) is 18.1 Å². The number of furan rings is 1. The van der Waals surface area contributed by atoms with Crippen molar-refractivity contribution in [3.8, 4) is 23.3 Å². The Morgan fingerprint density at radius 1 is 1.44 bits per heavy atom. The van der Waals surface area contributed by atoms with Crippen molar-refractivity contribution in [1.82, 2.24) is 10.2 Å². The van der Waals surface area contributed by atoms with Gasteiger partial charge in [0.1, 0.15) is 5.76 Å². The number of aromatic nitrogens is 2. The summed E-state index contributed by atoms with van der Waals surface area (Å²) in [6.45, 7) is 3.66. The zero-order chi connectivity index (χ0) is 11.4. The molecule has 0 radical (unpaired) electrons. The van der Waals surface area contributed by atoms with Crippen molar-refractivity contribution >= 4 is 11.8 Å². The monoisotopic (exact) mass is 234 g/mol. The van der Waals surface area contributed by atoms with Crippen LogP contribution in [0.5, 0.6) is 0 Å². The van der Waals surface area contributed by atoms with Gasteiger partial charge in [0.05, 0.1) is 17.6 Å². The molecule has 0 aliphatic rings. The Labute approximate surface area is 97.4 Å². The Kier molecular flexibility index (Phi) is 3.32. The lowest BCUT2D eigenvalue weighted by Crippen LogP contribution is -1.76. The van der Waals surface area contributed by atoms with Crippen molar-refractivity contribution in [2.24, 2.45) is 0 Å². The van der Waals surface area contributed by atoms with E-state index in [1.807, 2.05) is 13.0 Å². The van der Waals surface area contributed by atoms with Gasteiger partial charge in [-0.05, 0) is 19.9 Å². The standard InChI is InChI=1S/C11H10N2O2S/c1-3-4-7-16-11-13-12-10(15-11)9-5-6-14-8(9)2/h5-6H,7H2,1-2H3. The maximum Gasteiger partial charge on any atom is 0.277 e. The molecular formula is C11H10N2O2S. The lowest BCUT2D eigenvalue weighted by atomic mass is 10.3. The SMILES string of the molecule is CC#CCSc1nnc(-c2ccoc2C)o1. The highest BCUT2D eigenvalue weighted by molar-refractivity contribution is 7.99. The Hall–Kier alpha value is -1.67. The van der Waals surface area contributed by atoms with Gasteiger partial charge < -0.3 is 8.83 Å². The van der Waals surface area contributed by atoms with E-state index in [4.69, 9.17) is 8.83 Å². The second kappa shape index (κ2) is 4.90. The fourth-order valence-corrected chi connectivity index (χ4v) is 1.73. The van der Waals surface area contributed by atoms with Crippen molar-refractivity contribution in [2.75, 3.05) is 5.75 Å². The minimum Gasteiger partial charge on any atom is -0.469 e. The van der Waals surface area contributed by atoms with Crippen LogP contribution in [0.4, 0.5) is 0 Å². The Morgan fingerprint density at radius 3 is 3.00 bits per heavy atom. The molecule has 0 amide bonds.